The van der Waals surface area contributed by atoms with Crippen molar-refractivity contribution in [2.24, 2.45) is 11.7 Å². The van der Waals surface area contributed by atoms with Crippen molar-refractivity contribution in [2.45, 2.75) is 51.1 Å². The van der Waals surface area contributed by atoms with Crippen LogP contribution in [0.2, 0.25) is 0 Å². The summed E-state index contributed by atoms with van der Waals surface area (Å²) in [5.74, 6) is 0.105. The van der Waals surface area contributed by atoms with Gasteiger partial charge >= 0.3 is 0 Å². The van der Waals surface area contributed by atoms with E-state index in [1.165, 1.54) is 6.07 Å². The molecule has 1 saturated carbocycles. The molecule has 0 radical (unpaired) electrons. The molecule has 1 aliphatic carbocycles. The van der Waals surface area contributed by atoms with Crippen LogP contribution in [0.1, 0.15) is 38.2 Å². The van der Waals surface area contributed by atoms with E-state index in [0.717, 1.165) is 24.8 Å². The molecule has 1 fully saturated rings. The normalized spacial score (nSPS) is 23.0. The Morgan fingerprint density at radius 3 is 2.90 bits per heavy atom. The molecule has 3 N–H and O–H groups in total. The van der Waals surface area contributed by atoms with Crippen molar-refractivity contribution in [1.29, 1.82) is 0 Å². The Kier molecular flexibility index (Phi) is 5.76. The number of amides is 1. The fourth-order valence-electron chi connectivity index (χ4n) is 2.96. The third kappa shape index (κ3) is 4.78. The zero-order valence-electron chi connectivity index (χ0n) is 12.2. The van der Waals surface area contributed by atoms with Crippen LogP contribution in [0.5, 0.6) is 0 Å². The first kappa shape index (κ1) is 16.4. The average molecular weight is 357 g/mol. The van der Waals surface area contributed by atoms with Crippen molar-refractivity contribution >= 4 is 21.8 Å². The molecule has 1 amide bonds. The summed E-state index contributed by atoms with van der Waals surface area (Å²) in [5, 5.41) is 3.01. The van der Waals surface area contributed by atoms with Crippen molar-refractivity contribution < 1.29 is 9.18 Å². The van der Waals surface area contributed by atoms with Gasteiger partial charge < -0.3 is 11.1 Å². The van der Waals surface area contributed by atoms with Crippen LogP contribution < -0.4 is 11.1 Å². The number of hydrogen-bond donors (Lipinski definition) is 2. The molecule has 21 heavy (non-hydrogen) atoms. The lowest BCUT2D eigenvalue weighted by Gasteiger charge is -2.18. The van der Waals surface area contributed by atoms with E-state index in [1.54, 1.807) is 12.1 Å². The van der Waals surface area contributed by atoms with Gasteiger partial charge in [0.1, 0.15) is 5.82 Å². The number of nitrogens with one attached hydrogen (secondary N) is 1. The molecule has 1 aliphatic rings. The molecule has 3 nitrogen and oxygen atoms in total. The standard InChI is InChI=1S/C16H22BrFN2O/c1-10(7-11-5-6-14(18)13(17)8-11)20-16(21)9-12-3-2-4-15(12)19/h5-6,8,10,12,15H,2-4,7,9,19H2,1H3,(H,20,21)/t10?,12-,15+/m0/s1. The van der Waals surface area contributed by atoms with Crippen LogP contribution in [0, 0.1) is 11.7 Å². The molecule has 2 rings (SSSR count). The molecule has 1 aromatic rings. The first-order valence-electron chi connectivity index (χ1n) is 7.44. The number of benzene rings is 1. The van der Waals surface area contributed by atoms with E-state index in [0.29, 0.717) is 23.2 Å². The van der Waals surface area contributed by atoms with E-state index in [4.69, 9.17) is 5.73 Å². The van der Waals surface area contributed by atoms with Crippen LogP contribution >= 0.6 is 15.9 Å². The van der Waals surface area contributed by atoms with Gasteiger partial charge in [-0.2, -0.15) is 0 Å². The summed E-state index contributed by atoms with van der Waals surface area (Å²) in [4.78, 5) is 12.0. The highest BCUT2D eigenvalue weighted by Crippen LogP contribution is 2.26. The lowest BCUT2D eigenvalue weighted by Crippen LogP contribution is -2.37. The lowest BCUT2D eigenvalue weighted by atomic mass is 9.99. The summed E-state index contributed by atoms with van der Waals surface area (Å²) < 4.78 is 13.6. The zero-order valence-corrected chi connectivity index (χ0v) is 13.8. The van der Waals surface area contributed by atoms with Gasteiger partial charge in [-0.25, -0.2) is 4.39 Å². The minimum Gasteiger partial charge on any atom is -0.353 e. The van der Waals surface area contributed by atoms with Gasteiger partial charge in [-0.1, -0.05) is 12.5 Å². The number of nitrogens with two attached hydrogens (primary N) is 1. The van der Waals surface area contributed by atoms with Gasteiger partial charge in [-0.15, -0.1) is 0 Å². The highest BCUT2D eigenvalue weighted by molar-refractivity contribution is 9.10. The minimum absolute atomic E-state index is 0.0208. The number of carbonyl (C=O) groups excluding carboxylic acids is 1. The molecule has 0 bridgehead atoms. The summed E-state index contributed by atoms with van der Waals surface area (Å²) >= 11 is 3.18. The molecule has 3 atom stereocenters. The number of hydrogen-bond acceptors (Lipinski definition) is 2. The van der Waals surface area contributed by atoms with Crippen molar-refractivity contribution in [3.63, 3.8) is 0 Å². The third-order valence-electron chi connectivity index (χ3n) is 4.10. The predicted molar refractivity (Wildman–Crippen MR) is 85.3 cm³/mol. The second kappa shape index (κ2) is 7.36. The topological polar surface area (TPSA) is 55.1 Å². The maximum absolute atomic E-state index is 13.2. The molecule has 116 valence electrons. The Bertz CT molecular complexity index is 509. The Morgan fingerprint density at radius 2 is 2.29 bits per heavy atom. The highest BCUT2D eigenvalue weighted by Gasteiger charge is 2.26. The van der Waals surface area contributed by atoms with Crippen molar-refractivity contribution in [3.8, 4) is 0 Å². The maximum atomic E-state index is 13.2. The van der Waals surface area contributed by atoms with Gasteiger partial charge in [0, 0.05) is 18.5 Å². The van der Waals surface area contributed by atoms with Gasteiger partial charge in [0.2, 0.25) is 5.91 Å². The Morgan fingerprint density at radius 1 is 1.52 bits per heavy atom. The molecular weight excluding hydrogens is 335 g/mol. The quantitative estimate of drug-likeness (QED) is 0.851. The molecule has 1 unspecified atom stereocenters. The van der Waals surface area contributed by atoms with E-state index < -0.39 is 0 Å². The molecule has 1 aromatic carbocycles. The Balaban J connectivity index is 1.81. The van der Waals surface area contributed by atoms with Gasteiger partial charge in [-0.3, -0.25) is 4.79 Å². The lowest BCUT2D eigenvalue weighted by molar-refractivity contribution is -0.122. The van der Waals surface area contributed by atoms with Gasteiger partial charge in [-0.05, 0) is 65.7 Å². The van der Waals surface area contributed by atoms with E-state index in [1.807, 2.05) is 6.92 Å². The second-order valence-electron chi connectivity index (χ2n) is 5.98. The Hall–Kier alpha value is -0.940. The van der Waals surface area contributed by atoms with Crippen LogP contribution in [0.15, 0.2) is 22.7 Å². The first-order chi connectivity index (χ1) is 9.95. The van der Waals surface area contributed by atoms with Crippen LogP contribution in [0.3, 0.4) is 0 Å². The molecule has 0 heterocycles. The molecule has 0 spiro atoms. The highest BCUT2D eigenvalue weighted by atomic mass is 79.9. The van der Waals surface area contributed by atoms with E-state index >= 15 is 0 Å². The fraction of sp³-hybridized carbons (Fsp3) is 0.562. The second-order valence-corrected chi connectivity index (χ2v) is 6.83. The largest absolute Gasteiger partial charge is 0.353 e. The van der Waals surface area contributed by atoms with Crippen LogP contribution in [0.25, 0.3) is 0 Å². The first-order valence-corrected chi connectivity index (χ1v) is 8.24. The van der Waals surface area contributed by atoms with Gasteiger partial charge in [0.25, 0.3) is 0 Å². The molecular formula is C16H22BrFN2O. The van der Waals surface area contributed by atoms with Gasteiger partial charge in [0.15, 0.2) is 0 Å². The zero-order chi connectivity index (χ0) is 15.4. The minimum atomic E-state index is -0.273. The summed E-state index contributed by atoms with van der Waals surface area (Å²) in [5.41, 5.74) is 6.99. The van der Waals surface area contributed by atoms with E-state index in [2.05, 4.69) is 21.2 Å². The molecule has 0 aromatic heterocycles. The Labute approximate surface area is 133 Å². The summed E-state index contributed by atoms with van der Waals surface area (Å²) in [6.07, 6.45) is 4.39. The molecule has 0 aliphatic heterocycles. The van der Waals surface area contributed by atoms with Gasteiger partial charge in [0.05, 0.1) is 4.47 Å². The summed E-state index contributed by atoms with van der Waals surface area (Å²) in [7, 11) is 0. The third-order valence-corrected chi connectivity index (χ3v) is 4.71. The van der Waals surface area contributed by atoms with Crippen LogP contribution in [0.4, 0.5) is 4.39 Å². The predicted octanol–water partition coefficient (Wildman–Crippen LogP) is 3.15. The van der Waals surface area contributed by atoms with E-state index in [-0.39, 0.29) is 23.8 Å². The molecule has 0 saturated heterocycles. The summed E-state index contributed by atoms with van der Waals surface area (Å²) in [6, 6.07) is 5.12. The molecule has 5 heteroatoms. The van der Waals surface area contributed by atoms with Crippen molar-refractivity contribution in [3.05, 3.63) is 34.1 Å². The fourth-order valence-corrected chi connectivity index (χ4v) is 3.39. The van der Waals surface area contributed by atoms with E-state index in [9.17, 15) is 9.18 Å². The average Bonchev–Trinajstić information content (AvgIpc) is 2.79. The number of halogens is 2. The SMILES string of the molecule is CC(Cc1ccc(F)c(Br)c1)NC(=O)C[C@@H]1CCC[C@H]1N. The number of rotatable bonds is 5. The summed E-state index contributed by atoms with van der Waals surface area (Å²) in [6.45, 7) is 1.96. The van der Waals surface area contributed by atoms with Crippen LogP contribution in [-0.4, -0.2) is 18.0 Å². The van der Waals surface area contributed by atoms with Crippen molar-refractivity contribution in [2.75, 3.05) is 0 Å². The van der Waals surface area contributed by atoms with Crippen LogP contribution in [-0.2, 0) is 11.2 Å². The smallest absolute Gasteiger partial charge is 0.220 e. The maximum Gasteiger partial charge on any atom is 0.220 e. The number of carbonyl (C=O) groups is 1. The monoisotopic (exact) mass is 356 g/mol. The van der Waals surface area contributed by atoms with Crippen molar-refractivity contribution in [1.82, 2.24) is 5.32 Å².